The van der Waals surface area contributed by atoms with E-state index in [0.717, 1.165) is 48.4 Å². The van der Waals surface area contributed by atoms with Gasteiger partial charge in [0.1, 0.15) is 6.54 Å². The van der Waals surface area contributed by atoms with Crippen LogP contribution in [0.25, 0.3) is 5.69 Å². The number of nitrogens with zero attached hydrogens (tertiary/aromatic N) is 4. The molecule has 7 heteroatoms. The summed E-state index contributed by atoms with van der Waals surface area (Å²) in [4.78, 5) is 12.4. The molecule has 1 saturated heterocycles. The molecule has 0 saturated carbocycles. The second-order valence-electron chi connectivity index (χ2n) is 7.31. The predicted molar refractivity (Wildman–Crippen MR) is 107 cm³/mol. The van der Waals surface area contributed by atoms with Crippen LogP contribution in [0.5, 0.6) is 0 Å². The molecule has 0 aliphatic carbocycles. The third-order valence-corrected chi connectivity index (χ3v) is 5.25. The molecular weight excluding hydrogens is 352 g/mol. The van der Waals surface area contributed by atoms with E-state index in [2.05, 4.69) is 33.8 Å². The van der Waals surface area contributed by atoms with Crippen LogP contribution >= 0.6 is 0 Å². The molecule has 28 heavy (non-hydrogen) atoms. The topological polar surface area (TPSA) is 76.8 Å². The first-order valence-electron chi connectivity index (χ1n) is 9.79. The number of carbonyl (C=O) groups is 1. The normalized spacial score (nSPS) is 16.8. The number of hydrogen-bond acceptors (Lipinski definition) is 4. The standard InChI is InChI=1S/C21H26N6O/c1-16-5-2-3-7-19(16)26-14-17(12-25-26)11-23-21(28)15-27-20(8-10-24-27)18-6-4-9-22-13-18/h2-3,5,7-8,10,12,14,18,22H,4,6,9,11,13,15H2,1H3,(H,23,28). The van der Waals surface area contributed by atoms with Crippen molar-refractivity contribution in [3.8, 4) is 5.69 Å². The van der Waals surface area contributed by atoms with E-state index < -0.39 is 0 Å². The Kier molecular flexibility index (Phi) is 5.53. The number of rotatable bonds is 6. The van der Waals surface area contributed by atoms with Gasteiger partial charge in [0.05, 0.1) is 11.9 Å². The van der Waals surface area contributed by atoms with E-state index in [1.807, 2.05) is 39.8 Å². The number of hydrogen-bond donors (Lipinski definition) is 2. The number of piperidine rings is 1. The predicted octanol–water partition coefficient (Wildman–Crippen LogP) is 2.16. The second kappa shape index (κ2) is 8.39. The maximum absolute atomic E-state index is 12.4. The summed E-state index contributed by atoms with van der Waals surface area (Å²) < 4.78 is 3.67. The molecule has 2 aromatic heterocycles. The van der Waals surface area contributed by atoms with E-state index in [0.29, 0.717) is 12.5 Å². The minimum absolute atomic E-state index is 0.0441. The summed E-state index contributed by atoms with van der Waals surface area (Å²) in [5.41, 5.74) is 4.30. The van der Waals surface area contributed by atoms with Crippen LogP contribution in [-0.4, -0.2) is 38.6 Å². The number of carbonyl (C=O) groups excluding carboxylic acids is 1. The van der Waals surface area contributed by atoms with Gasteiger partial charge in [-0.15, -0.1) is 0 Å². The number of para-hydroxylation sites is 1. The van der Waals surface area contributed by atoms with Crippen molar-refractivity contribution >= 4 is 5.91 Å². The van der Waals surface area contributed by atoms with Gasteiger partial charge in [0.25, 0.3) is 0 Å². The molecule has 3 heterocycles. The third kappa shape index (κ3) is 4.14. The van der Waals surface area contributed by atoms with E-state index in [9.17, 15) is 4.79 Å². The fraction of sp³-hybridized carbons (Fsp3) is 0.381. The van der Waals surface area contributed by atoms with Gasteiger partial charge in [-0.05, 0) is 44.0 Å². The number of aromatic nitrogens is 4. The number of nitrogens with one attached hydrogen (secondary N) is 2. The first-order valence-corrected chi connectivity index (χ1v) is 9.79. The van der Waals surface area contributed by atoms with Gasteiger partial charge in [0, 0.05) is 42.7 Å². The first kappa shape index (κ1) is 18.4. The Bertz CT molecular complexity index is 938. The van der Waals surface area contributed by atoms with Crippen molar-refractivity contribution in [1.82, 2.24) is 30.2 Å². The van der Waals surface area contributed by atoms with Gasteiger partial charge in [-0.25, -0.2) is 4.68 Å². The lowest BCUT2D eigenvalue weighted by Crippen LogP contribution is -2.32. The fourth-order valence-corrected chi connectivity index (χ4v) is 3.72. The highest BCUT2D eigenvalue weighted by molar-refractivity contribution is 5.75. The minimum Gasteiger partial charge on any atom is -0.350 e. The Labute approximate surface area is 164 Å². The van der Waals surface area contributed by atoms with Gasteiger partial charge in [-0.2, -0.15) is 10.2 Å². The Morgan fingerprint density at radius 1 is 1.29 bits per heavy atom. The largest absolute Gasteiger partial charge is 0.350 e. The molecule has 146 valence electrons. The molecule has 1 aliphatic heterocycles. The van der Waals surface area contributed by atoms with Crippen molar-refractivity contribution in [3.05, 3.63) is 65.7 Å². The molecule has 1 amide bonds. The number of aryl methyl sites for hydroxylation is 1. The van der Waals surface area contributed by atoms with Crippen molar-refractivity contribution in [3.63, 3.8) is 0 Å². The first-order chi connectivity index (χ1) is 13.7. The lowest BCUT2D eigenvalue weighted by Gasteiger charge is -2.23. The molecular formula is C21H26N6O. The highest BCUT2D eigenvalue weighted by Crippen LogP contribution is 2.22. The molecule has 1 atom stereocenters. The zero-order valence-corrected chi connectivity index (χ0v) is 16.1. The molecule has 1 fully saturated rings. The highest BCUT2D eigenvalue weighted by atomic mass is 16.2. The van der Waals surface area contributed by atoms with Crippen LogP contribution in [0.15, 0.2) is 48.9 Å². The van der Waals surface area contributed by atoms with E-state index in [-0.39, 0.29) is 12.5 Å². The number of benzene rings is 1. The summed E-state index contributed by atoms with van der Waals surface area (Å²) in [6.45, 7) is 4.77. The van der Waals surface area contributed by atoms with Crippen LogP contribution in [0, 0.1) is 6.92 Å². The average Bonchev–Trinajstić information content (AvgIpc) is 3.37. The van der Waals surface area contributed by atoms with Crippen molar-refractivity contribution < 1.29 is 4.79 Å². The Balaban J connectivity index is 1.35. The van der Waals surface area contributed by atoms with E-state index >= 15 is 0 Å². The smallest absolute Gasteiger partial charge is 0.242 e. The lowest BCUT2D eigenvalue weighted by molar-refractivity contribution is -0.122. The summed E-state index contributed by atoms with van der Waals surface area (Å²) in [5.74, 6) is 0.383. The molecule has 2 N–H and O–H groups in total. The van der Waals surface area contributed by atoms with Crippen LogP contribution in [0.3, 0.4) is 0 Å². The molecule has 3 aromatic rings. The molecule has 4 rings (SSSR count). The van der Waals surface area contributed by atoms with Crippen molar-refractivity contribution in [2.24, 2.45) is 0 Å². The minimum atomic E-state index is -0.0441. The summed E-state index contributed by atoms with van der Waals surface area (Å²) in [7, 11) is 0. The quantitative estimate of drug-likeness (QED) is 0.689. The SMILES string of the molecule is Cc1ccccc1-n1cc(CNC(=O)Cn2nccc2C2CCCNC2)cn1. The zero-order chi connectivity index (χ0) is 19.3. The van der Waals surface area contributed by atoms with E-state index in [1.165, 1.54) is 0 Å². The molecule has 0 radical (unpaired) electrons. The fourth-order valence-electron chi connectivity index (χ4n) is 3.72. The second-order valence-corrected chi connectivity index (χ2v) is 7.31. The van der Waals surface area contributed by atoms with Crippen molar-refractivity contribution in [2.75, 3.05) is 13.1 Å². The van der Waals surface area contributed by atoms with E-state index in [1.54, 1.807) is 12.4 Å². The maximum atomic E-state index is 12.4. The Morgan fingerprint density at radius 2 is 2.18 bits per heavy atom. The molecule has 1 aliphatic rings. The van der Waals surface area contributed by atoms with Crippen LogP contribution in [0.1, 0.15) is 35.6 Å². The van der Waals surface area contributed by atoms with Gasteiger partial charge in [-0.1, -0.05) is 18.2 Å². The number of amides is 1. The molecule has 1 unspecified atom stereocenters. The molecule has 7 nitrogen and oxygen atoms in total. The highest BCUT2D eigenvalue weighted by Gasteiger charge is 2.19. The molecule has 0 bridgehead atoms. The summed E-state index contributed by atoms with van der Waals surface area (Å²) >= 11 is 0. The monoisotopic (exact) mass is 378 g/mol. The lowest BCUT2D eigenvalue weighted by atomic mass is 9.96. The van der Waals surface area contributed by atoms with Crippen molar-refractivity contribution in [1.29, 1.82) is 0 Å². The summed E-state index contributed by atoms with van der Waals surface area (Å²) in [5, 5.41) is 15.2. The van der Waals surface area contributed by atoms with Gasteiger partial charge >= 0.3 is 0 Å². The van der Waals surface area contributed by atoms with E-state index in [4.69, 9.17) is 0 Å². The molecule has 0 spiro atoms. The van der Waals surface area contributed by atoms with Crippen LogP contribution in [0.4, 0.5) is 0 Å². The molecule has 1 aromatic carbocycles. The van der Waals surface area contributed by atoms with Gasteiger partial charge < -0.3 is 10.6 Å². The third-order valence-electron chi connectivity index (χ3n) is 5.25. The van der Waals surface area contributed by atoms with Gasteiger partial charge in [-0.3, -0.25) is 9.48 Å². The van der Waals surface area contributed by atoms with Crippen molar-refractivity contribution in [2.45, 2.75) is 38.8 Å². The average molecular weight is 378 g/mol. The van der Waals surface area contributed by atoms with Crippen LogP contribution in [-0.2, 0) is 17.9 Å². The zero-order valence-electron chi connectivity index (χ0n) is 16.1. The van der Waals surface area contributed by atoms with Gasteiger partial charge in [0.2, 0.25) is 5.91 Å². The Hall–Kier alpha value is -2.93. The summed E-state index contributed by atoms with van der Waals surface area (Å²) in [6.07, 6.45) is 7.82. The van der Waals surface area contributed by atoms with Crippen LogP contribution in [0.2, 0.25) is 0 Å². The maximum Gasteiger partial charge on any atom is 0.242 e. The van der Waals surface area contributed by atoms with Crippen LogP contribution < -0.4 is 10.6 Å². The Morgan fingerprint density at radius 3 is 3.00 bits per heavy atom. The summed E-state index contributed by atoms with van der Waals surface area (Å²) in [6, 6.07) is 10.1. The van der Waals surface area contributed by atoms with Gasteiger partial charge in [0.15, 0.2) is 0 Å².